The van der Waals surface area contributed by atoms with Crippen molar-refractivity contribution in [1.29, 1.82) is 0 Å². The maximum Gasteiger partial charge on any atom is 0.252 e. The van der Waals surface area contributed by atoms with Crippen molar-refractivity contribution in [2.24, 2.45) is 5.73 Å². The van der Waals surface area contributed by atoms with Crippen LogP contribution in [0.4, 0.5) is 5.82 Å². The van der Waals surface area contributed by atoms with Crippen LogP contribution in [-0.2, 0) is 6.54 Å². The summed E-state index contributed by atoms with van der Waals surface area (Å²) in [5.41, 5.74) is 6.97. The highest BCUT2D eigenvalue weighted by molar-refractivity contribution is 9.10. The second-order valence-corrected chi connectivity index (χ2v) is 7.42. The van der Waals surface area contributed by atoms with E-state index in [1.807, 2.05) is 0 Å². The number of anilines is 1. The first-order chi connectivity index (χ1) is 12.0. The summed E-state index contributed by atoms with van der Waals surface area (Å²) in [6.07, 6.45) is 1.91. The van der Waals surface area contributed by atoms with Crippen LogP contribution in [0.3, 0.4) is 0 Å². The minimum absolute atomic E-state index is 0.156. The number of carbonyl (C=O) groups excluding carboxylic acids is 1. The number of nitrogens with two attached hydrogens (primary N) is 1. The first kappa shape index (κ1) is 18.1. The topological polar surface area (TPSA) is 84.1 Å². The van der Waals surface area contributed by atoms with E-state index in [4.69, 9.17) is 17.3 Å². The lowest BCUT2D eigenvalue weighted by Gasteiger charge is -2.32. The van der Waals surface area contributed by atoms with Crippen LogP contribution in [0.5, 0.6) is 0 Å². The third-order valence-electron chi connectivity index (χ3n) is 4.28. The van der Waals surface area contributed by atoms with Crippen LogP contribution in [0.1, 0.15) is 28.8 Å². The van der Waals surface area contributed by atoms with Crippen molar-refractivity contribution in [2.45, 2.75) is 25.4 Å². The van der Waals surface area contributed by atoms with Crippen LogP contribution in [0.2, 0.25) is 5.15 Å². The number of aromatic nitrogens is 2. The van der Waals surface area contributed by atoms with Crippen LogP contribution in [-0.4, -0.2) is 40.1 Å². The zero-order chi connectivity index (χ0) is 17.8. The minimum atomic E-state index is -0.563. The number of piperidine rings is 1. The smallest absolute Gasteiger partial charge is 0.252 e. The van der Waals surface area contributed by atoms with E-state index in [1.165, 1.54) is 11.6 Å². The first-order valence-corrected chi connectivity index (χ1v) is 9.25. The summed E-state index contributed by atoms with van der Waals surface area (Å²) in [6, 6.07) is 10.1. The van der Waals surface area contributed by atoms with E-state index in [0.717, 1.165) is 36.9 Å². The molecule has 1 amide bonds. The zero-order valence-corrected chi connectivity index (χ0v) is 15.9. The van der Waals surface area contributed by atoms with Crippen LogP contribution in [0, 0.1) is 0 Å². The molecule has 8 heteroatoms. The first-order valence-electron chi connectivity index (χ1n) is 8.07. The number of nitrogens with one attached hydrogen (secondary N) is 1. The number of amides is 1. The summed E-state index contributed by atoms with van der Waals surface area (Å²) in [4.78, 5) is 14.0. The van der Waals surface area contributed by atoms with Gasteiger partial charge in [0.05, 0.1) is 5.56 Å². The Morgan fingerprint density at radius 1 is 1.28 bits per heavy atom. The number of likely N-dealkylation sites (tertiary alicyclic amines) is 1. The molecule has 3 rings (SSSR count). The quantitative estimate of drug-likeness (QED) is 0.770. The fraction of sp³-hybridized carbons (Fsp3) is 0.353. The molecule has 6 nitrogen and oxygen atoms in total. The fourth-order valence-corrected chi connectivity index (χ4v) is 3.35. The van der Waals surface area contributed by atoms with Crippen LogP contribution in [0.25, 0.3) is 0 Å². The zero-order valence-electron chi connectivity index (χ0n) is 13.6. The summed E-state index contributed by atoms with van der Waals surface area (Å²) in [5.74, 6) is -0.157. The second kappa shape index (κ2) is 8.12. The van der Waals surface area contributed by atoms with E-state index in [0.29, 0.717) is 5.82 Å². The molecule has 2 heterocycles. The SMILES string of the molecule is NC(=O)c1cc(Cl)nnc1NC1CCN(Cc2ccc(Br)cc2)CC1. The van der Waals surface area contributed by atoms with Gasteiger partial charge < -0.3 is 11.1 Å². The average molecular weight is 425 g/mol. The van der Waals surface area contributed by atoms with E-state index >= 15 is 0 Å². The van der Waals surface area contributed by atoms with Crippen molar-refractivity contribution in [2.75, 3.05) is 18.4 Å². The van der Waals surface area contributed by atoms with Crippen molar-refractivity contribution in [3.05, 3.63) is 51.1 Å². The van der Waals surface area contributed by atoms with Gasteiger partial charge in [-0.25, -0.2) is 0 Å². The molecule has 0 unspecified atom stereocenters. The van der Waals surface area contributed by atoms with Gasteiger partial charge in [0.1, 0.15) is 0 Å². The molecule has 0 atom stereocenters. The van der Waals surface area contributed by atoms with Crippen molar-refractivity contribution in [1.82, 2.24) is 15.1 Å². The Morgan fingerprint density at radius 3 is 2.60 bits per heavy atom. The fourth-order valence-electron chi connectivity index (χ4n) is 2.94. The van der Waals surface area contributed by atoms with Gasteiger partial charge in [-0.05, 0) is 36.6 Å². The van der Waals surface area contributed by atoms with E-state index in [1.54, 1.807) is 0 Å². The Hall–Kier alpha value is -1.70. The Morgan fingerprint density at radius 2 is 1.96 bits per heavy atom. The molecule has 0 saturated carbocycles. The molecule has 1 aromatic carbocycles. The minimum Gasteiger partial charge on any atom is -0.365 e. The summed E-state index contributed by atoms with van der Waals surface area (Å²) in [5, 5.41) is 11.2. The number of benzene rings is 1. The molecule has 132 valence electrons. The molecule has 3 N–H and O–H groups in total. The highest BCUT2D eigenvalue weighted by atomic mass is 79.9. The largest absolute Gasteiger partial charge is 0.365 e. The molecule has 0 aliphatic carbocycles. The molecule has 1 aromatic heterocycles. The van der Waals surface area contributed by atoms with Crippen LogP contribution < -0.4 is 11.1 Å². The molecule has 0 radical (unpaired) electrons. The average Bonchev–Trinajstić information content (AvgIpc) is 2.60. The van der Waals surface area contributed by atoms with Crippen molar-refractivity contribution < 1.29 is 4.79 Å². The Labute approximate surface area is 159 Å². The van der Waals surface area contributed by atoms with Gasteiger partial charge in [-0.1, -0.05) is 39.7 Å². The molecule has 1 aliphatic heterocycles. The van der Waals surface area contributed by atoms with Crippen LogP contribution >= 0.6 is 27.5 Å². The number of carbonyl (C=O) groups is 1. The molecule has 0 spiro atoms. The molecule has 1 fully saturated rings. The van der Waals surface area contributed by atoms with Crippen molar-refractivity contribution in [3.8, 4) is 0 Å². The van der Waals surface area contributed by atoms with Gasteiger partial charge in [0.25, 0.3) is 5.91 Å². The van der Waals surface area contributed by atoms with E-state index in [-0.39, 0.29) is 16.8 Å². The molecule has 0 bridgehead atoms. The number of hydrogen-bond acceptors (Lipinski definition) is 5. The van der Waals surface area contributed by atoms with Gasteiger partial charge in [-0.15, -0.1) is 10.2 Å². The predicted octanol–water partition coefficient (Wildman–Crippen LogP) is 3.07. The summed E-state index contributed by atoms with van der Waals surface area (Å²) in [7, 11) is 0. The maximum absolute atomic E-state index is 11.5. The normalized spacial score (nSPS) is 15.9. The lowest BCUT2D eigenvalue weighted by molar-refractivity contribution is 0.100. The van der Waals surface area contributed by atoms with Gasteiger partial charge in [-0.3, -0.25) is 9.69 Å². The number of rotatable bonds is 5. The van der Waals surface area contributed by atoms with Gasteiger partial charge >= 0.3 is 0 Å². The van der Waals surface area contributed by atoms with Crippen LogP contribution in [0.15, 0.2) is 34.8 Å². The molecular weight excluding hydrogens is 406 g/mol. The Kier molecular flexibility index (Phi) is 5.88. The summed E-state index contributed by atoms with van der Waals surface area (Å²) in [6.45, 7) is 2.88. The monoisotopic (exact) mass is 423 g/mol. The predicted molar refractivity (Wildman–Crippen MR) is 102 cm³/mol. The van der Waals surface area contributed by atoms with Crippen molar-refractivity contribution >= 4 is 39.3 Å². The number of halogens is 2. The highest BCUT2D eigenvalue weighted by Gasteiger charge is 2.21. The van der Waals surface area contributed by atoms with Gasteiger partial charge in [0, 0.05) is 30.1 Å². The lowest BCUT2D eigenvalue weighted by Crippen LogP contribution is -2.39. The number of primary amides is 1. The van der Waals surface area contributed by atoms with E-state index < -0.39 is 5.91 Å². The molecule has 1 saturated heterocycles. The lowest BCUT2D eigenvalue weighted by atomic mass is 10.0. The molecule has 2 aromatic rings. The number of nitrogens with zero attached hydrogens (tertiary/aromatic N) is 3. The van der Waals surface area contributed by atoms with Gasteiger partial charge in [0.15, 0.2) is 11.0 Å². The Bertz CT molecular complexity index is 747. The maximum atomic E-state index is 11.5. The van der Waals surface area contributed by atoms with E-state index in [9.17, 15) is 4.79 Å². The number of hydrogen-bond donors (Lipinski definition) is 2. The Balaban J connectivity index is 1.56. The van der Waals surface area contributed by atoms with Gasteiger partial charge in [0.2, 0.25) is 0 Å². The third kappa shape index (κ3) is 4.90. The highest BCUT2D eigenvalue weighted by Crippen LogP contribution is 2.21. The standard InChI is InChI=1S/C17H19BrClN5O/c18-12-3-1-11(2-4-12)10-24-7-5-13(6-8-24)21-17-14(16(20)25)9-15(19)22-23-17/h1-4,9,13H,5-8,10H2,(H2,20,25)(H,21,23). The second-order valence-electron chi connectivity index (χ2n) is 6.11. The summed E-state index contributed by atoms with van der Waals surface area (Å²) >= 11 is 9.25. The van der Waals surface area contributed by atoms with E-state index in [2.05, 4.69) is 60.6 Å². The molecular formula is C17H19BrClN5O. The van der Waals surface area contributed by atoms with Gasteiger partial charge in [-0.2, -0.15) is 0 Å². The molecule has 25 heavy (non-hydrogen) atoms. The third-order valence-corrected chi connectivity index (χ3v) is 4.99. The molecule has 1 aliphatic rings. The van der Waals surface area contributed by atoms with Crippen molar-refractivity contribution in [3.63, 3.8) is 0 Å². The summed E-state index contributed by atoms with van der Waals surface area (Å²) < 4.78 is 1.09.